The van der Waals surface area contributed by atoms with E-state index in [9.17, 15) is 8.78 Å². The van der Waals surface area contributed by atoms with Gasteiger partial charge >= 0.3 is 0 Å². The molecule has 90 valence electrons. The molecule has 0 amide bonds. The van der Waals surface area contributed by atoms with Crippen LogP contribution in [0.3, 0.4) is 0 Å². The molecule has 1 atom stereocenters. The fourth-order valence-electron chi connectivity index (χ4n) is 1.58. The highest BCUT2D eigenvalue weighted by Crippen LogP contribution is 2.33. The van der Waals surface area contributed by atoms with Crippen LogP contribution in [0.4, 0.5) is 8.78 Å². The summed E-state index contributed by atoms with van der Waals surface area (Å²) in [6.07, 6.45) is 0. The molecule has 1 unspecified atom stereocenters. The number of halogens is 2. The van der Waals surface area contributed by atoms with Crippen molar-refractivity contribution in [2.75, 3.05) is 0 Å². The van der Waals surface area contributed by atoms with Gasteiger partial charge < -0.3 is 5.73 Å². The summed E-state index contributed by atoms with van der Waals surface area (Å²) < 4.78 is 27.2. The van der Waals surface area contributed by atoms with Gasteiger partial charge in [0, 0.05) is 21.4 Å². The van der Waals surface area contributed by atoms with Gasteiger partial charge in [0.25, 0.3) is 0 Å². The van der Waals surface area contributed by atoms with Crippen molar-refractivity contribution in [2.24, 2.45) is 5.73 Å². The van der Waals surface area contributed by atoms with Gasteiger partial charge in [-0.2, -0.15) is 0 Å². The SMILES string of the molecule is Cc1cc(F)c(-c2ccc(C(C)N)s2)cc1F. The minimum absolute atomic E-state index is 0.0906. The van der Waals surface area contributed by atoms with E-state index in [-0.39, 0.29) is 6.04 Å². The molecule has 0 saturated heterocycles. The number of nitrogens with two attached hydrogens (primary N) is 1. The van der Waals surface area contributed by atoms with Gasteiger partial charge in [-0.25, -0.2) is 8.78 Å². The van der Waals surface area contributed by atoms with E-state index in [1.54, 1.807) is 13.0 Å². The maximum Gasteiger partial charge on any atom is 0.132 e. The molecule has 0 bridgehead atoms. The molecule has 0 radical (unpaired) electrons. The predicted molar refractivity (Wildman–Crippen MR) is 67.0 cm³/mol. The molecule has 0 fully saturated rings. The summed E-state index contributed by atoms with van der Waals surface area (Å²) in [6, 6.07) is 5.99. The number of benzene rings is 1. The lowest BCUT2D eigenvalue weighted by Gasteiger charge is -2.03. The molecule has 1 aromatic carbocycles. The van der Waals surface area contributed by atoms with Crippen LogP contribution in [-0.4, -0.2) is 0 Å². The summed E-state index contributed by atoms with van der Waals surface area (Å²) in [4.78, 5) is 1.66. The zero-order chi connectivity index (χ0) is 12.6. The highest BCUT2D eigenvalue weighted by atomic mass is 32.1. The number of thiophene rings is 1. The fourth-order valence-corrected chi connectivity index (χ4v) is 2.56. The first kappa shape index (κ1) is 12.2. The van der Waals surface area contributed by atoms with Gasteiger partial charge in [0.2, 0.25) is 0 Å². The highest BCUT2D eigenvalue weighted by Gasteiger charge is 2.12. The van der Waals surface area contributed by atoms with Crippen molar-refractivity contribution in [3.05, 3.63) is 46.3 Å². The monoisotopic (exact) mass is 253 g/mol. The maximum absolute atomic E-state index is 13.7. The second kappa shape index (κ2) is 4.55. The molecule has 0 aliphatic heterocycles. The highest BCUT2D eigenvalue weighted by molar-refractivity contribution is 7.15. The fraction of sp³-hybridized carbons (Fsp3) is 0.231. The third-order valence-electron chi connectivity index (χ3n) is 2.59. The molecule has 2 aromatic rings. The van der Waals surface area contributed by atoms with Crippen molar-refractivity contribution in [3.8, 4) is 10.4 Å². The van der Waals surface area contributed by atoms with Crippen LogP contribution in [0.2, 0.25) is 0 Å². The minimum atomic E-state index is -0.401. The van der Waals surface area contributed by atoms with Crippen LogP contribution in [0.15, 0.2) is 24.3 Å². The maximum atomic E-state index is 13.7. The van der Waals surface area contributed by atoms with Crippen LogP contribution in [0, 0.1) is 18.6 Å². The third-order valence-corrected chi connectivity index (χ3v) is 3.91. The van der Waals surface area contributed by atoms with Crippen molar-refractivity contribution in [2.45, 2.75) is 19.9 Å². The van der Waals surface area contributed by atoms with Crippen LogP contribution >= 0.6 is 11.3 Å². The molecule has 0 saturated carbocycles. The Morgan fingerprint density at radius 2 is 1.88 bits per heavy atom. The van der Waals surface area contributed by atoms with Crippen molar-refractivity contribution in [3.63, 3.8) is 0 Å². The summed E-state index contributed by atoms with van der Waals surface area (Å²) in [7, 11) is 0. The Hall–Kier alpha value is -1.26. The lowest BCUT2D eigenvalue weighted by Crippen LogP contribution is -2.01. The molecule has 1 nitrogen and oxygen atoms in total. The molecule has 1 aromatic heterocycles. The summed E-state index contributed by atoms with van der Waals surface area (Å²) >= 11 is 1.39. The van der Waals surface area contributed by atoms with E-state index >= 15 is 0 Å². The Morgan fingerprint density at radius 1 is 1.18 bits per heavy atom. The van der Waals surface area contributed by atoms with Crippen LogP contribution in [0.25, 0.3) is 10.4 Å². The zero-order valence-corrected chi connectivity index (χ0v) is 10.4. The van der Waals surface area contributed by atoms with Crippen molar-refractivity contribution < 1.29 is 8.78 Å². The molecule has 0 aliphatic carbocycles. The standard InChI is InChI=1S/C13H13F2NS/c1-7-5-11(15)9(6-10(7)14)13-4-3-12(17-13)8(2)16/h3-6,8H,16H2,1-2H3. The number of hydrogen-bond donors (Lipinski definition) is 1. The number of aryl methyl sites for hydroxylation is 1. The topological polar surface area (TPSA) is 26.0 Å². The molecule has 2 rings (SSSR count). The smallest absolute Gasteiger partial charge is 0.132 e. The summed E-state index contributed by atoms with van der Waals surface area (Å²) in [5.41, 5.74) is 6.35. The van der Waals surface area contributed by atoms with E-state index in [2.05, 4.69) is 0 Å². The Bertz CT molecular complexity index is 546. The van der Waals surface area contributed by atoms with E-state index < -0.39 is 11.6 Å². The van der Waals surface area contributed by atoms with E-state index in [0.29, 0.717) is 16.0 Å². The average Bonchev–Trinajstić information content (AvgIpc) is 2.72. The molecule has 1 heterocycles. The second-order valence-corrected chi connectivity index (χ2v) is 5.19. The van der Waals surface area contributed by atoms with E-state index in [0.717, 1.165) is 4.88 Å². The third kappa shape index (κ3) is 2.37. The number of rotatable bonds is 2. The molecule has 4 heteroatoms. The van der Waals surface area contributed by atoms with Crippen molar-refractivity contribution >= 4 is 11.3 Å². The van der Waals surface area contributed by atoms with E-state index in [4.69, 9.17) is 5.73 Å². The van der Waals surface area contributed by atoms with Gasteiger partial charge in [0.1, 0.15) is 11.6 Å². The van der Waals surface area contributed by atoms with E-state index in [1.165, 1.54) is 23.5 Å². The summed E-state index contributed by atoms with van der Waals surface area (Å²) in [6.45, 7) is 3.41. The predicted octanol–water partition coefficient (Wildman–Crippen LogP) is 4.02. The molecule has 2 N–H and O–H groups in total. The van der Waals surface area contributed by atoms with Gasteiger partial charge in [0.15, 0.2) is 0 Å². The lowest BCUT2D eigenvalue weighted by atomic mass is 10.1. The number of hydrogen-bond acceptors (Lipinski definition) is 2. The van der Waals surface area contributed by atoms with Gasteiger partial charge in [0.05, 0.1) is 0 Å². The van der Waals surface area contributed by atoms with Crippen molar-refractivity contribution in [1.82, 2.24) is 0 Å². The largest absolute Gasteiger partial charge is 0.324 e. The molecule has 17 heavy (non-hydrogen) atoms. The Kier molecular flexibility index (Phi) is 3.26. The van der Waals surface area contributed by atoms with Gasteiger partial charge in [-0.15, -0.1) is 11.3 Å². The molecular weight excluding hydrogens is 240 g/mol. The normalized spacial score (nSPS) is 12.8. The van der Waals surface area contributed by atoms with Gasteiger partial charge in [-0.05, 0) is 43.7 Å². The van der Waals surface area contributed by atoms with Crippen LogP contribution < -0.4 is 5.73 Å². The van der Waals surface area contributed by atoms with Crippen LogP contribution in [0.5, 0.6) is 0 Å². The van der Waals surface area contributed by atoms with Gasteiger partial charge in [-0.3, -0.25) is 0 Å². The van der Waals surface area contributed by atoms with Gasteiger partial charge in [-0.1, -0.05) is 0 Å². The lowest BCUT2D eigenvalue weighted by molar-refractivity contribution is 0.595. The molecule has 0 spiro atoms. The Balaban J connectivity index is 2.49. The van der Waals surface area contributed by atoms with Crippen molar-refractivity contribution in [1.29, 1.82) is 0 Å². The minimum Gasteiger partial charge on any atom is -0.324 e. The zero-order valence-electron chi connectivity index (χ0n) is 9.63. The molecular formula is C13H13F2NS. The first-order valence-corrected chi connectivity index (χ1v) is 6.12. The van der Waals surface area contributed by atoms with E-state index in [1.807, 2.05) is 13.0 Å². The second-order valence-electron chi connectivity index (χ2n) is 4.07. The Morgan fingerprint density at radius 3 is 2.47 bits per heavy atom. The first-order valence-electron chi connectivity index (χ1n) is 5.30. The van der Waals surface area contributed by atoms with Crippen LogP contribution in [0.1, 0.15) is 23.4 Å². The summed E-state index contributed by atoms with van der Waals surface area (Å²) in [5.74, 6) is -0.792. The Labute approximate surface area is 103 Å². The van der Waals surface area contributed by atoms with Crippen LogP contribution in [-0.2, 0) is 0 Å². The summed E-state index contributed by atoms with van der Waals surface area (Å²) in [5, 5.41) is 0. The average molecular weight is 253 g/mol. The first-order chi connectivity index (χ1) is 7.99. The molecule has 0 aliphatic rings. The quantitative estimate of drug-likeness (QED) is 0.859.